The van der Waals surface area contributed by atoms with Crippen LogP contribution in [-0.4, -0.2) is 158 Å². The molecule has 1 saturated heterocycles. The molecule has 0 spiro atoms. The molecule has 1 aliphatic rings. The number of anilines is 1. The van der Waals surface area contributed by atoms with Crippen LogP contribution in [0.4, 0.5) is 15.3 Å². The minimum absolute atomic E-state index is 0.0122. The number of likely N-dealkylation sites (N-methyl/N-ethyl adjacent to an activating group) is 1. The smallest absolute Gasteiger partial charge is 0.317 e. The first-order valence-electron chi connectivity index (χ1n) is 19.0. The van der Waals surface area contributed by atoms with Crippen molar-refractivity contribution >= 4 is 72.8 Å². The van der Waals surface area contributed by atoms with Gasteiger partial charge in [-0.2, -0.15) is 0 Å². The predicted molar refractivity (Wildman–Crippen MR) is 213 cm³/mol. The number of carbonyl (C=O) groups is 10. The first kappa shape index (κ1) is 51.9. The summed E-state index contributed by atoms with van der Waals surface area (Å²) in [4.78, 5) is 123. The van der Waals surface area contributed by atoms with E-state index in [1.54, 1.807) is 6.92 Å². The van der Waals surface area contributed by atoms with Gasteiger partial charge in [0.15, 0.2) is 0 Å². The third kappa shape index (κ3) is 21.1. The number of primary amides is 1. The normalized spacial score (nSPS) is 13.7. The number of carboxylic acids is 2. The van der Waals surface area contributed by atoms with Gasteiger partial charge in [-0.05, 0) is 36.1 Å². The lowest BCUT2D eigenvalue weighted by Crippen LogP contribution is -2.47. The van der Waals surface area contributed by atoms with Crippen LogP contribution in [0, 0.1) is 5.92 Å². The summed E-state index contributed by atoms with van der Waals surface area (Å²) in [7, 11) is 6.48. The maximum Gasteiger partial charge on any atom is 0.317 e. The van der Waals surface area contributed by atoms with E-state index in [4.69, 9.17) is 33.3 Å². The summed E-state index contributed by atoms with van der Waals surface area (Å²) in [6.45, 7) is 3.03. The number of nitrogens with two attached hydrogens (primary N) is 1. The molecule has 1 aromatic carbocycles. The maximum absolute atomic E-state index is 13.5. The third-order valence-electron chi connectivity index (χ3n) is 8.22. The minimum atomic E-state index is -1.34. The standard InChI is InChI=1S/C34H47BN8O14.C3H8/c1-20-12-27(46)43(32(20)53)9-11-56-10-7-25(44)38-14-26(45)40-24(4-3-8-37-34(36)55)31(52)39-23-6-5-21(19-57-33(35)54)22(13-23)15-41(2)28(47)16-42(17-29(48)49)18-30(50)51;1-3-2/h5-6,13,20,24H,3-4,7-12,14-19H2,1-2H3,(H,38,44)(H,39,52)(H,40,45)(H,48,49)(H,50,51)(H3,36,37,55);3H2,1-2H3/t20?,24-;/m0./s1. The molecule has 23 heteroatoms. The summed E-state index contributed by atoms with van der Waals surface area (Å²) in [6, 6.07) is 2.38. The Bertz CT molecular complexity index is 1680. The first-order chi connectivity index (χ1) is 28.3. The SMILES string of the molecule is CCC.[B]C(=O)OCc1ccc(NC(=O)[C@H](CCCNC(N)=O)NC(=O)CNC(=O)CCOCCN2C(=O)CC(C)C2=O)cc1CN(C)C(=O)CN(CC(=O)O)CC(=O)O. The fraction of sp³-hybridized carbons (Fsp3) is 0.568. The number of likely N-dealkylation sites (tertiary alicyclic amines) is 1. The van der Waals surface area contributed by atoms with Crippen molar-refractivity contribution in [1.29, 1.82) is 0 Å². The van der Waals surface area contributed by atoms with E-state index in [0.717, 1.165) is 9.80 Å². The van der Waals surface area contributed by atoms with E-state index in [1.165, 1.54) is 36.6 Å². The van der Waals surface area contributed by atoms with Gasteiger partial charge in [-0.15, -0.1) is 0 Å². The zero-order valence-electron chi connectivity index (χ0n) is 34.3. The molecule has 2 rings (SSSR count). The highest BCUT2D eigenvalue weighted by Gasteiger charge is 2.35. The topological polar surface area (TPSA) is 313 Å². The molecule has 22 nitrogen and oxygen atoms in total. The zero-order chi connectivity index (χ0) is 45.4. The van der Waals surface area contributed by atoms with Crippen molar-refractivity contribution in [3.05, 3.63) is 29.3 Å². The second-order valence-corrected chi connectivity index (χ2v) is 13.7. The van der Waals surface area contributed by atoms with Crippen molar-refractivity contribution < 1.29 is 67.6 Å². The van der Waals surface area contributed by atoms with E-state index in [0.29, 0.717) is 11.1 Å². The Hall–Kier alpha value is -6.10. The van der Waals surface area contributed by atoms with Gasteiger partial charge < -0.3 is 51.6 Å². The van der Waals surface area contributed by atoms with Crippen LogP contribution in [0.5, 0.6) is 0 Å². The molecule has 330 valence electrons. The molecule has 1 aliphatic heterocycles. The Morgan fingerprint density at radius 2 is 1.62 bits per heavy atom. The summed E-state index contributed by atoms with van der Waals surface area (Å²) in [5.74, 6) is -7.36. The number of nitrogens with one attached hydrogen (secondary N) is 4. The molecule has 0 saturated carbocycles. The average molecular weight is 847 g/mol. The molecule has 1 fully saturated rings. The molecule has 2 atom stereocenters. The monoisotopic (exact) mass is 846 g/mol. The first-order valence-corrected chi connectivity index (χ1v) is 19.0. The van der Waals surface area contributed by atoms with Gasteiger partial charge in [-0.3, -0.25) is 53.0 Å². The van der Waals surface area contributed by atoms with Gasteiger partial charge in [0.05, 0.1) is 45.9 Å². The lowest BCUT2D eigenvalue weighted by Gasteiger charge is -2.24. The van der Waals surface area contributed by atoms with Crippen LogP contribution in [0.1, 0.15) is 64.0 Å². The van der Waals surface area contributed by atoms with Crippen LogP contribution in [0.2, 0.25) is 0 Å². The van der Waals surface area contributed by atoms with Gasteiger partial charge in [0, 0.05) is 44.6 Å². The Labute approximate surface area is 348 Å². The van der Waals surface area contributed by atoms with E-state index in [9.17, 15) is 47.9 Å². The molecule has 1 unspecified atom stereocenters. The number of nitrogens with zero attached hydrogens (tertiary/aromatic N) is 3. The fourth-order valence-corrected chi connectivity index (χ4v) is 5.38. The fourth-order valence-electron chi connectivity index (χ4n) is 5.38. The summed E-state index contributed by atoms with van der Waals surface area (Å²) >= 11 is 0. The van der Waals surface area contributed by atoms with Crippen molar-refractivity contribution in [2.45, 2.75) is 72.1 Å². The van der Waals surface area contributed by atoms with Gasteiger partial charge in [0.2, 0.25) is 49.2 Å². The van der Waals surface area contributed by atoms with E-state index >= 15 is 0 Å². The van der Waals surface area contributed by atoms with Gasteiger partial charge in [0.25, 0.3) is 0 Å². The van der Waals surface area contributed by atoms with Crippen LogP contribution >= 0.6 is 0 Å². The number of carboxylic acid groups (broad SMARTS) is 2. The molecule has 8 amide bonds. The molecule has 2 radical (unpaired) electrons. The number of amides is 8. The number of imide groups is 1. The summed E-state index contributed by atoms with van der Waals surface area (Å²) in [5, 5.41) is 28.2. The van der Waals surface area contributed by atoms with E-state index < -0.39 is 79.7 Å². The Morgan fingerprint density at radius 1 is 0.967 bits per heavy atom. The van der Waals surface area contributed by atoms with Crippen LogP contribution in [-0.2, 0) is 61.0 Å². The van der Waals surface area contributed by atoms with Crippen LogP contribution in [0.3, 0.4) is 0 Å². The molecule has 0 aliphatic carbocycles. The zero-order valence-corrected chi connectivity index (χ0v) is 34.3. The molecule has 8 N–H and O–H groups in total. The molecular formula is C37H55BN8O14. The molecule has 1 heterocycles. The van der Waals surface area contributed by atoms with E-state index in [-0.39, 0.29) is 88.6 Å². The minimum Gasteiger partial charge on any atom is -0.480 e. The van der Waals surface area contributed by atoms with Gasteiger partial charge >= 0.3 is 18.0 Å². The van der Waals surface area contributed by atoms with Crippen LogP contribution < -0.4 is 27.0 Å². The summed E-state index contributed by atoms with van der Waals surface area (Å²) < 4.78 is 10.3. The highest BCUT2D eigenvalue weighted by Crippen LogP contribution is 2.20. The Balaban J connectivity index is 0.00000581. The highest BCUT2D eigenvalue weighted by atomic mass is 16.5. The van der Waals surface area contributed by atoms with E-state index in [2.05, 4.69) is 35.1 Å². The largest absolute Gasteiger partial charge is 0.480 e. The second-order valence-electron chi connectivity index (χ2n) is 13.7. The third-order valence-corrected chi connectivity index (χ3v) is 8.22. The van der Waals surface area contributed by atoms with Crippen molar-refractivity contribution in [3.63, 3.8) is 0 Å². The van der Waals surface area contributed by atoms with E-state index in [1.807, 2.05) is 0 Å². The molecule has 60 heavy (non-hydrogen) atoms. The number of benzene rings is 1. The highest BCUT2D eigenvalue weighted by molar-refractivity contribution is 6.55. The summed E-state index contributed by atoms with van der Waals surface area (Å²) in [6.07, 6.45) is 1.46. The van der Waals surface area contributed by atoms with Gasteiger partial charge in [0.1, 0.15) is 12.6 Å². The quantitative estimate of drug-likeness (QED) is 0.0357. The van der Waals surface area contributed by atoms with Crippen molar-refractivity contribution in [2.24, 2.45) is 11.7 Å². The predicted octanol–water partition coefficient (Wildman–Crippen LogP) is -0.873. The molecule has 0 aromatic heterocycles. The number of ether oxygens (including phenoxy) is 2. The average Bonchev–Trinajstić information content (AvgIpc) is 3.39. The van der Waals surface area contributed by atoms with Gasteiger partial charge in [-0.25, -0.2) is 4.79 Å². The van der Waals surface area contributed by atoms with Crippen molar-refractivity contribution in [3.8, 4) is 0 Å². The number of hydrogen-bond acceptors (Lipinski definition) is 13. The second kappa shape index (κ2) is 27.6. The number of rotatable bonds is 25. The number of carbonyl (C=O) groups excluding carboxylic acids is 8. The molecule has 0 bridgehead atoms. The number of aliphatic carboxylic acids is 2. The molecular weight excluding hydrogens is 791 g/mol. The lowest BCUT2D eigenvalue weighted by atomic mass is 10.1. The number of urea groups is 1. The van der Waals surface area contributed by atoms with Crippen LogP contribution in [0.15, 0.2) is 18.2 Å². The Morgan fingerprint density at radius 3 is 2.18 bits per heavy atom. The van der Waals surface area contributed by atoms with Crippen molar-refractivity contribution in [1.82, 2.24) is 30.7 Å². The maximum atomic E-state index is 13.5. The van der Waals surface area contributed by atoms with Crippen LogP contribution in [0.25, 0.3) is 0 Å². The number of hydrogen-bond donors (Lipinski definition) is 7. The lowest BCUT2D eigenvalue weighted by molar-refractivity contribution is -0.144. The van der Waals surface area contributed by atoms with Crippen molar-refractivity contribution in [2.75, 3.05) is 64.8 Å². The molecule has 1 aromatic rings. The van der Waals surface area contributed by atoms with Gasteiger partial charge in [-0.1, -0.05) is 33.3 Å². The Kier molecular flexibility index (Phi) is 23.9. The summed E-state index contributed by atoms with van der Waals surface area (Å²) in [5.41, 5.74) is 6.00.